The normalized spacial score (nSPS) is 11.5. The minimum absolute atomic E-state index is 0. The van der Waals surface area contributed by atoms with Gasteiger partial charge in [-0.2, -0.15) is 0 Å². The largest absolute Gasteiger partial charge is 0.348 e. The molecule has 7 heteroatoms. The Bertz CT molecular complexity index is 253. The summed E-state index contributed by atoms with van der Waals surface area (Å²) in [7, 11) is 0. The highest BCUT2D eigenvalue weighted by Crippen LogP contribution is 2.01. The quantitative estimate of drug-likeness (QED) is 0.757. The first-order chi connectivity index (χ1) is 5.74. The standard InChI is InChI=1S/C6H10N4OS.ClH/c1-4(2-7)9-6(11)5-3-8-10-12-5;/h3-4H,2,7H2,1H3,(H,9,11);1H/t4-;/m0./s1. The maximum Gasteiger partial charge on any atom is 0.264 e. The third-order valence-electron chi connectivity index (χ3n) is 1.32. The van der Waals surface area contributed by atoms with E-state index >= 15 is 0 Å². The molecule has 0 aliphatic rings. The summed E-state index contributed by atoms with van der Waals surface area (Å²) in [6.45, 7) is 2.27. The fourth-order valence-corrected chi connectivity index (χ4v) is 1.04. The van der Waals surface area contributed by atoms with Gasteiger partial charge in [0.25, 0.3) is 5.91 Å². The van der Waals surface area contributed by atoms with Crippen LogP contribution in [0.4, 0.5) is 0 Å². The zero-order valence-corrected chi connectivity index (χ0v) is 8.69. The van der Waals surface area contributed by atoms with Gasteiger partial charge in [0.15, 0.2) is 0 Å². The van der Waals surface area contributed by atoms with Crippen molar-refractivity contribution < 1.29 is 4.79 Å². The van der Waals surface area contributed by atoms with Gasteiger partial charge in [-0.25, -0.2) is 0 Å². The molecule has 1 atom stereocenters. The molecule has 1 amide bonds. The molecule has 0 spiro atoms. The number of carbonyl (C=O) groups is 1. The summed E-state index contributed by atoms with van der Waals surface area (Å²) in [5, 5.41) is 6.25. The molecule has 5 nitrogen and oxygen atoms in total. The number of halogens is 1. The Morgan fingerprint density at radius 2 is 2.54 bits per heavy atom. The molecule has 1 rings (SSSR count). The second kappa shape index (κ2) is 5.85. The van der Waals surface area contributed by atoms with Gasteiger partial charge in [0.05, 0.1) is 6.20 Å². The maximum absolute atomic E-state index is 11.2. The highest BCUT2D eigenvalue weighted by atomic mass is 35.5. The van der Waals surface area contributed by atoms with Crippen molar-refractivity contribution in [2.75, 3.05) is 6.54 Å². The van der Waals surface area contributed by atoms with Crippen molar-refractivity contribution in [1.29, 1.82) is 0 Å². The summed E-state index contributed by atoms with van der Waals surface area (Å²) in [6, 6.07) is -0.0143. The molecule has 0 unspecified atom stereocenters. The van der Waals surface area contributed by atoms with E-state index in [4.69, 9.17) is 5.73 Å². The predicted molar refractivity (Wildman–Crippen MR) is 53.1 cm³/mol. The van der Waals surface area contributed by atoms with Gasteiger partial charge in [-0.3, -0.25) is 4.79 Å². The van der Waals surface area contributed by atoms with Gasteiger partial charge in [0, 0.05) is 12.6 Å². The zero-order chi connectivity index (χ0) is 8.97. The van der Waals surface area contributed by atoms with Crippen LogP contribution in [0, 0.1) is 0 Å². The van der Waals surface area contributed by atoms with Crippen LogP contribution in [0.25, 0.3) is 0 Å². The zero-order valence-electron chi connectivity index (χ0n) is 7.06. The third-order valence-corrected chi connectivity index (χ3v) is 1.98. The van der Waals surface area contributed by atoms with E-state index in [1.54, 1.807) is 0 Å². The van der Waals surface area contributed by atoms with Gasteiger partial charge in [-0.1, -0.05) is 4.49 Å². The van der Waals surface area contributed by atoms with Crippen LogP contribution in [-0.2, 0) is 0 Å². The Kier molecular flexibility index (Phi) is 5.52. The Morgan fingerprint density at radius 1 is 1.85 bits per heavy atom. The van der Waals surface area contributed by atoms with Crippen LogP contribution < -0.4 is 11.1 Å². The van der Waals surface area contributed by atoms with Crippen molar-refractivity contribution in [1.82, 2.24) is 14.9 Å². The highest BCUT2D eigenvalue weighted by molar-refractivity contribution is 7.07. The van der Waals surface area contributed by atoms with Gasteiger partial charge >= 0.3 is 0 Å². The first-order valence-corrected chi connectivity index (χ1v) is 4.29. The number of aromatic nitrogens is 2. The van der Waals surface area contributed by atoms with Gasteiger partial charge in [0.2, 0.25) is 0 Å². The third kappa shape index (κ3) is 3.67. The number of hydrogen-bond donors (Lipinski definition) is 2. The van der Waals surface area contributed by atoms with Gasteiger partial charge in [0.1, 0.15) is 4.88 Å². The first kappa shape index (κ1) is 12.3. The fraction of sp³-hybridized carbons (Fsp3) is 0.500. The van der Waals surface area contributed by atoms with Gasteiger partial charge in [-0.15, -0.1) is 17.5 Å². The molecule has 0 fully saturated rings. The molecule has 3 N–H and O–H groups in total. The van der Waals surface area contributed by atoms with Crippen molar-refractivity contribution in [3.8, 4) is 0 Å². The SMILES string of the molecule is C[C@@H](CN)NC(=O)c1cnns1.Cl. The number of amides is 1. The molecule has 13 heavy (non-hydrogen) atoms. The Hall–Kier alpha value is -0.720. The van der Waals surface area contributed by atoms with E-state index in [9.17, 15) is 4.79 Å². The van der Waals surface area contributed by atoms with E-state index in [1.165, 1.54) is 6.20 Å². The topological polar surface area (TPSA) is 80.9 Å². The highest BCUT2D eigenvalue weighted by Gasteiger charge is 2.09. The monoisotopic (exact) mass is 222 g/mol. The maximum atomic E-state index is 11.2. The van der Waals surface area contributed by atoms with Crippen LogP contribution in [0.15, 0.2) is 6.20 Å². The number of carbonyl (C=O) groups excluding carboxylic acids is 1. The predicted octanol–water partition coefficient (Wildman–Crippen LogP) is 0.0369. The van der Waals surface area contributed by atoms with Crippen molar-refractivity contribution in [2.24, 2.45) is 5.73 Å². The summed E-state index contributed by atoms with van der Waals surface area (Å²) in [5.41, 5.74) is 5.33. The van der Waals surface area contributed by atoms with E-state index in [2.05, 4.69) is 14.9 Å². The van der Waals surface area contributed by atoms with Crippen molar-refractivity contribution in [2.45, 2.75) is 13.0 Å². The number of hydrogen-bond acceptors (Lipinski definition) is 5. The number of nitrogens with zero attached hydrogens (tertiary/aromatic N) is 2. The van der Waals surface area contributed by atoms with E-state index in [-0.39, 0.29) is 24.4 Å². The minimum atomic E-state index is -0.164. The Morgan fingerprint density at radius 3 is 3.00 bits per heavy atom. The molecular formula is C6H11ClN4OS. The lowest BCUT2D eigenvalue weighted by molar-refractivity contribution is 0.0945. The van der Waals surface area contributed by atoms with Crippen molar-refractivity contribution in [3.05, 3.63) is 11.1 Å². The second-order valence-electron chi connectivity index (χ2n) is 2.39. The van der Waals surface area contributed by atoms with Gasteiger partial charge in [-0.05, 0) is 18.5 Å². The average molecular weight is 223 g/mol. The molecule has 0 saturated carbocycles. The second-order valence-corrected chi connectivity index (χ2v) is 3.18. The molecule has 0 aliphatic heterocycles. The van der Waals surface area contributed by atoms with Crippen molar-refractivity contribution >= 4 is 29.8 Å². The molecule has 74 valence electrons. The lowest BCUT2D eigenvalue weighted by atomic mass is 10.3. The van der Waals surface area contributed by atoms with E-state index < -0.39 is 0 Å². The number of nitrogens with two attached hydrogens (primary N) is 1. The molecular weight excluding hydrogens is 212 g/mol. The van der Waals surface area contributed by atoms with Crippen LogP contribution in [0.2, 0.25) is 0 Å². The van der Waals surface area contributed by atoms with E-state index in [0.29, 0.717) is 11.4 Å². The molecule has 0 aromatic carbocycles. The summed E-state index contributed by atoms with van der Waals surface area (Å²) >= 11 is 1.07. The summed E-state index contributed by atoms with van der Waals surface area (Å²) < 4.78 is 3.58. The molecule has 0 aliphatic carbocycles. The number of rotatable bonds is 3. The van der Waals surface area contributed by atoms with Crippen LogP contribution in [0.5, 0.6) is 0 Å². The van der Waals surface area contributed by atoms with Crippen LogP contribution >= 0.6 is 23.9 Å². The molecule has 1 heterocycles. The molecule has 1 aromatic heterocycles. The van der Waals surface area contributed by atoms with Crippen LogP contribution in [0.3, 0.4) is 0 Å². The van der Waals surface area contributed by atoms with Crippen molar-refractivity contribution in [3.63, 3.8) is 0 Å². The molecule has 0 saturated heterocycles. The van der Waals surface area contributed by atoms with Crippen LogP contribution in [0.1, 0.15) is 16.6 Å². The summed E-state index contributed by atoms with van der Waals surface area (Å²) in [4.78, 5) is 11.7. The Balaban J connectivity index is 0.00000144. The van der Waals surface area contributed by atoms with Gasteiger partial charge < -0.3 is 11.1 Å². The number of nitrogens with one attached hydrogen (secondary N) is 1. The molecule has 0 bridgehead atoms. The summed E-state index contributed by atoms with van der Waals surface area (Å²) in [5.74, 6) is -0.164. The lowest BCUT2D eigenvalue weighted by Crippen LogP contribution is -2.37. The van der Waals surface area contributed by atoms with Crippen LogP contribution in [-0.4, -0.2) is 28.1 Å². The Labute approximate surface area is 86.3 Å². The van der Waals surface area contributed by atoms with E-state index in [0.717, 1.165) is 11.5 Å². The first-order valence-electron chi connectivity index (χ1n) is 3.52. The summed E-state index contributed by atoms with van der Waals surface area (Å²) in [6.07, 6.45) is 1.43. The van der Waals surface area contributed by atoms with E-state index in [1.807, 2.05) is 6.92 Å². The smallest absolute Gasteiger partial charge is 0.264 e. The molecule has 0 radical (unpaired) electrons. The molecule has 1 aromatic rings. The average Bonchev–Trinajstić information content (AvgIpc) is 2.56. The fourth-order valence-electron chi connectivity index (χ4n) is 0.621. The minimum Gasteiger partial charge on any atom is -0.348 e. The lowest BCUT2D eigenvalue weighted by Gasteiger charge is -2.08.